The monoisotopic (exact) mass is 279 g/mol. The van der Waals surface area contributed by atoms with Gasteiger partial charge in [0, 0.05) is 6.04 Å². The minimum atomic E-state index is 0.206. The molecule has 1 aromatic carbocycles. The van der Waals surface area contributed by atoms with Crippen LogP contribution in [-0.2, 0) is 6.42 Å². The lowest BCUT2D eigenvalue weighted by molar-refractivity contribution is 0.279. The van der Waals surface area contributed by atoms with Crippen LogP contribution >= 0.6 is 0 Å². The van der Waals surface area contributed by atoms with Gasteiger partial charge in [-0.05, 0) is 49.3 Å². The summed E-state index contributed by atoms with van der Waals surface area (Å²) in [6.45, 7) is 7.30. The number of methoxy groups -OCH3 is 1. The van der Waals surface area contributed by atoms with E-state index < -0.39 is 0 Å². The highest BCUT2D eigenvalue weighted by Gasteiger charge is 2.08. The molecule has 1 unspecified atom stereocenters. The highest BCUT2D eigenvalue weighted by Crippen LogP contribution is 2.29. The Morgan fingerprint density at radius 3 is 2.55 bits per heavy atom. The molecule has 0 aliphatic carbocycles. The molecule has 0 aliphatic rings. The molecule has 0 amide bonds. The Hall–Kier alpha value is -1.22. The summed E-state index contributed by atoms with van der Waals surface area (Å²) >= 11 is 0. The predicted octanol–water partition coefficient (Wildman–Crippen LogP) is 3.79. The van der Waals surface area contributed by atoms with Crippen molar-refractivity contribution in [2.24, 2.45) is 11.7 Å². The average Bonchev–Trinajstić information content (AvgIpc) is 2.43. The number of benzene rings is 1. The van der Waals surface area contributed by atoms with Gasteiger partial charge in [0.05, 0.1) is 13.7 Å². The fourth-order valence-electron chi connectivity index (χ4n) is 2.08. The van der Waals surface area contributed by atoms with E-state index in [1.807, 2.05) is 6.07 Å². The van der Waals surface area contributed by atoms with Crippen LogP contribution in [0.3, 0.4) is 0 Å². The Morgan fingerprint density at radius 1 is 1.20 bits per heavy atom. The molecular weight excluding hydrogens is 250 g/mol. The van der Waals surface area contributed by atoms with E-state index in [4.69, 9.17) is 15.2 Å². The lowest BCUT2D eigenvalue weighted by atomic mass is 10.0. The maximum atomic E-state index is 6.01. The van der Waals surface area contributed by atoms with Crippen LogP contribution in [0.15, 0.2) is 18.2 Å². The van der Waals surface area contributed by atoms with Gasteiger partial charge in [0.15, 0.2) is 11.5 Å². The van der Waals surface area contributed by atoms with Crippen LogP contribution in [0.1, 0.15) is 45.6 Å². The Bertz CT molecular complexity index is 391. The van der Waals surface area contributed by atoms with E-state index in [1.165, 1.54) is 12.0 Å². The summed E-state index contributed by atoms with van der Waals surface area (Å²) in [6.07, 6.45) is 4.11. The number of hydrogen-bond acceptors (Lipinski definition) is 3. The highest BCUT2D eigenvalue weighted by molar-refractivity contribution is 5.43. The normalized spacial score (nSPS) is 12.5. The Kier molecular flexibility index (Phi) is 7.45. The van der Waals surface area contributed by atoms with E-state index in [9.17, 15) is 0 Å². The number of nitrogens with two attached hydrogens (primary N) is 1. The summed E-state index contributed by atoms with van der Waals surface area (Å²) < 4.78 is 11.2. The predicted molar refractivity (Wildman–Crippen MR) is 84.5 cm³/mol. The lowest BCUT2D eigenvalue weighted by Crippen LogP contribution is -2.21. The SMILES string of the molecule is CCC(N)Cc1ccc(OC)c(OCCCC(C)C)c1. The molecule has 2 N–H and O–H groups in total. The van der Waals surface area contributed by atoms with E-state index in [2.05, 4.69) is 32.9 Å². The van der Waals surface area contributed by atoms with E-state index in [-0.39, 0.29) is 6.04 Å². The maximum Gasteiger partial charge on any atom is 0.161 e. The van der Waals surface area contributed by atoms with Gasteiger partial charge in [-0.2, -0.15) is 0 Å². The van der Waals surface area contributed by atoms with Crippen LogP contribution in [0.4, 0.5) is 0 Å². The molecule has 3 nitrogen and oxygen atoms in total. The van der Waals surface area contributed by atoms with Gasteiger partial charge < -0.3 is 15.2 Å². The summed E-state index contributed by atoms with van der Waals surface area (Å²) in [7, 11) is 1.67. The first-order valence-electron chi connectivity index (χ1n) is 7.62. The van der Waals surface area contributed by atoms with Crippen molar-refractivity contribution in [3.63, 3.8) is 0 Å². The second-order valence-corrected chi connectivity index (χ2v) is 5.74. The lowest BCUT2D eigenvalue weighted by Gasteiger charge is -2.14. The summed E-state index contributed by atoms with van der Waals surface area (Å²) in [6, 6.07) is 6.30. The largest absolute Gasteiger partial charge is 0.493 e. The first kappa shape index (κ1) is 16.8. The van der Waals surface area contributed by atoms with Crippen molar-refractivity contribution in [2.45, 2.75) is 52.5 Å². The smallest absolute Gasteiger partial charge is 0.161 e. The number of hydrogen-bond donors (Lipinski definition) is 1. The number of ether oxygens (including phenoxy) is 2. The zero-order chi connectivity index (χ0) is 15.0. The van der Waals surface area contributed by atoms with Crippen molar-refractivity contribution in [2.75, 3.05) is 13.7 Å². The van der Waals surface area contributed by atoms with Crippen LogP contribution in [0.5, 0.6) is 11.5 Å². The van der Waals surface area contributed by atoms with E-state index in [0.717, 1.165) is 43.3 Å². The maximum absolute atomic E-state index is 6.01. The molecule has 1 aromatic rings. The third-order valence-corrected chi connectivity index (χ3v) is 3.43. The fourth-order valence-corrected chi connectivity index (χ4v) is 2.08. The van der Waals surface area contributed by atoms with E-state index in [0.29, 0.717) is 0 Å². The molecule has 0 bridgehead atoms. The quantitative estimate of drug-likeness (QED) is 0.699. The van der Waals surface area contributed by atoms with Crippen LogP contribution in [0.2, 0.25) is 0 Å². The van der Waals surface area contributed by atoms with Gasteiger partial charge in [-0.25, -0.2) is 0 Å². The van der Waals surface area contributed by atoms with Gasteiger partial charge in [-0.1, -0.05) is 26.8 Å². The molecule has 3 heteroatoms. The van der Waals surface area contributed by atoms with Crippen LogP contribution < -0.4 is 15.2 Å². The minimum Gasteiger partial charge on any atom is -0.493 e. The van der Waals surface area contributed by atoms with Crippen molar-refractivity contribution in [1.29, 1.82) is 0 Å². The van der Waals surface area contributed by atoms with Gasteiger partial charge in [0.1, 0.15) is 0 Å². The average molecular weight is 279 g/mol. The van der Waals surface area contributed by atoms with Crippen molar-refractivity contribution in [1.82, 2.24) is 0 Å². The van der Waals surface area contributed by atoms with Gasteiger partial charge in [0.25, 0.3) is 0 Å². The number of rotatable bonds is 9. The van der Waals surface area contributed by atoms with Gasteiger partial charge in [0.2, 0.25) is 0 Å². The molecule has 0 spiro atoms. The van der Waals surface area contributed by atoms with Gasteiger partial charge in [-0.15, -0.1) is 0 Å². The van der Waals surface area contributed by atoms with Crippen molar-refractivity contribution >= 4 is 0 Å². The summed E-state index contributed by atoms with van der Waals surface area (Å²) in [5.41, 5.74) is 7.22. The third kappa shape index (κ3) is 5.83. The van der Waals surface area contributed by atoms with Crippen molar-refractivity contribution in [3.05, 3.63) is 23.8 Å². The molecule has 0 radical (unpaired) electrons. The molecule has 1 rings (SSSR count). The van der Waals surface area contributed by atoms with E-state index in [1.54, 1.807) is 7.11 Å². The van der Waals surface area contributed by atoms with Gasteiger partial charge in [-0.3, -0.25) is 0 Å². The molecule has 0 saturated carbocycles. The first-order valence-corrected chi connectivity index (χ1v) is 7.62. The Labute approximate surface area is 123 Å². The van der Waals surface area contributed by atoms with E-state index >= 15 is 0 Å². The van der Waals surface area contributed by atoms with Crippen LogP contribution in [-0.4, -0.2) is 19.8 Å². The molecule has 0 aliphatic heterocycles. The summed E-state index contributed by atoms with van der Waals surface area (Å²) in [4.78, 5) is 0. The zero-order valence-electron chi connectivity index (χ0n) is 13.3. The van der Waals surface area contributed by atoms with Crippen LogP contribution in [0.25, 0.3) is 0 Å². The topological polar surface area (TPSA) is 44.5 Å². The zero-order valence-corrected chi connectivity index (χ0v) is 13.3. The second kappa shape index (κ2) is 8.85. The fraction of sp³-hybridized carbons (Fsp3) is 0.647. The molecule has 0 fully saturated rings. The van der Waals surface area contributed by atoms with Crippen molar-refractivity contribution < 1.29 is 9.47 Å². The summed E-state index contributed by atoms with van der Waals surface area (Å²) in [5.74, 6) is 2.34. The van der Waals surface area contributed by atoms with Crippen molar-refractivity contribution in [3.8, 4) is 11.5 Å². The second-order valence-electron chi connectivity index (χ2n) is 5.74. The summed E-state index contributed by atoms with van der Waals surface area (Å²) in [5, 5.41) is 0. The highest BCUT2D eigenvalue weighted by atomic mass is 16.5. The molecular formula is C17H29NO2. The molecule has 0 heterocycles. The van der Waals surface area contributed by atoms with Crippen LogP contribution in [0, 0.1) is 5.92 Å². The molecule has 0 aromatic heterocycles. The standard InChI is InChI=1S/C17H29NO2/c1-5-15(18)11-14-8-9-16(19-4)17(12-14)20-10-6-7-13(2)3/h8-9,12-13,15H,5-7,10-11,18H2,1-4H3. The molecule has 114 valence electrons. The van der Waals surface area contributed by atoms with Gasteiger partial charge >= 0.3 is 0 Å². The third-order valence-electron chi connectivity index (χ3n) is 3.43. The molecule has 20 heavy (non-hydrogen) atoms. The first-order chi connectivity index (χ1) is 9.56. The molecule has 0 saturated heterocycles. The Morgan fingerprint density at radius 2 is 1.95 bits per heavy atom. The minimum absolute atomic E-state index is 0.206. The Balaban J connectivity index is 2.63. The molecule has 1 atom stereocenters.